The van der Waals surface area contributed by atoms with E-state index in [0.717, 1.165) is 104 Å². The summed E-state index contributed by atoms with van der Waals surface area (Å²) in [6.45, 7) is 17.5. The second-order valence-corrected chi connectivity index (χ2v) is 11.9. The van der Waals surface area contributed by atoms with E-state index in [1.807, 2.05) is 0 Å². The lowest BCUT2D eigenvalue weighted by Gasteiger charge is -2.01. The Bertz CT molecular complexity index is 2060. The van der Waals surface area contributed by atoms with E-state index in [4.69, 9.17) is 18.8 Å². The van der Waals surface area contributed by atoms with Crippen LogP contribution < -0.4 is 0 Å². The SMILES string of the molecule is CCC1=C(C)c2cc3oc4c(ccc5c(C)c(cc6nc(cc7[nH]c(cc1n2)c(CC)c7CC)C(CC)=C6C)oc54)c3C. The topological polar surface area (TPSA) is 67.8 Å². The first-order valence-corrected chi connectivity index (χ1v) is 15.7. The molecule has 10 bridgehead atoms. The molecular weight excluding hydrogens is 530 g/mol. The van der Waals surface area contributed by atoms with Gasteiger partial charge in [0.05, 0.1) is 22.8 Å². The lowest BCUT2D eigenvalue weighted by Crippen LogP contribution is -1.87. The Morgan fingerprint density at radius 3 is 1.35 bits per heavy atom. The number of hydrogen-bond donors (Lipinski definition) is 1. The van der Waals surface area contributed by atoms with Gasteiger partial charge in [0, 0.05) is 45.1 Å². The normalized spacial score (nSPS) is 13.8. The number of hydrogen-bond acceptors (Lipinski definition) is 4. The molecule has 0 amide bonds. The highest BCUT2D eigenvalue weighted by atomic mass is 16.4. The Morgan fingerprint density at radius 2 is 0.977 bits per heavy atom. The maximum absolute atomic E-state index is 6.58. The fourth-order valence-corrected chi connectivity index (χ4v) is 7.13. The number of aromatic nitrogens is 3. The summed E-state index contributed by atoms with van der Waals surface area (Å²) in [5, 5.41) is 2.12. The van der Waals surface area contributed by atoms with Crippen molar-refractivity contribution < 1.29 is 8.83 Å². The predicted octanol–water partition coefficient (Wildman–Crippen LogP) is 10.9. The van der Waals surface area contributed by atoms with Crippen LogP contribution in [0.1, 0.15) is 99.4 Å². The third-order valence-electron chi connectivity index (χ3n) is 9.65. The van der Waals surface area contributed by atoms with Gasteiger partial charge < -0.3 is 13.8 Å². The first kappa shape index (κ1) is 27.5. The van der Waals surface area contributed by atoms with Gasteiger partial charge >= 0.3 is 0 Å². The lowest BCUT2D eigenvalue weighted by atomic mass is 10.0. The molecule has 4 aromatic heterocycles. The highest BCUT2D eigenvalue weighted by Crippen LogP contribution is 2.40. The zero-order valence-corrected chi connectivity index (χ0v) is 26.5. The molecule has 0 atom stereocenters. The standard InChI is InChI=1S/C38H39N3O2/c1-9-23-19(5)29-17-35-21(7)27-13-14-28-22(8)36(43-38(28)37(27)42-35)18-30-20(6)24(10-2)32(40-30)16-34-26(12-4)25(11-3)33(41-34)15-31(23)39-29/h13-18,41H,9-12H2,1-8H3. The van der Waals surface area contributed by atoms with Crippen molar-refractivity contribution in [3.63, 3.8) is 0 Å². The molecule has 0 unspecified atom stereocenters. The summed E-state index contributed by atoms with van der Waals surface area (Å²) in [5.74, 6) is 0. The van der Waals surface area contributed by atoms with Crippen molar-refractivity contribution in [3.8, 4) is 0 Å². The molecular formula is C38H39N3O2. The third-order valence-corrected chi connectivity index (χ3v) is 9.65. The Labute approximate surface area is 252 Å². The molecule has 0 saturated heterocycles. The summed E-state index contributed by atoms with van der Waals surface area (Å²) in [4.78, 5) is 14.2. The summed E-state index contributed by atoms with van der Waals surface area (Å²) in [7, 11) is 0. The number of aryl methyl sites for hydroxylation is 4. The smallest absolute Gasteiger partial charge is 0.178 e. The molecule has 43 heavy (non-hydrogen) atoms. The number of furan rings is 2. The summed E-state index contributed by atoms with van der Waals surface area (Å²) in [6, 6.07) is 13.0. The zero-order chi connectivity index (χ0) is 30.2. The molecule has 5 aromatic rings. The van der Waals surface area contributed by atoms with Crippen molar-refractivity contribution in [1.29, 1.82) is 0 Å². The molecule has 6 heterocycles. The first-order valence-electron chi connectivity index (χ1n) is 15.7. The summed E-state index contributed by atoms with van der Waals surface area (Å²) >= 11 is 0. The number of nitrogens with one attached hydrogen (secondary N) is 1. The molecule has 2 aliphatic rings. The minimum atomic E-state index is 0.780. The Balaban J connectivity index is 1.69. The van der Waals surface area contributed by atoms with Gasteiger partial charge in [0.1, 0.15) is 11.2 Å². The van der Waals surface area contributed by atoms with E-state index in [0.29, 0.717) is 0 Å². The third kappa shape index (κ3) is 4.05. The van der Waals surface area contributed by atoms with E-state index in [9.17, 15) is 0 Å². The number of allylic oxidation sites excluding steroid dienone is 4. The predicted molar refractivity (Wildman–Crippen MR) is 180 cm³/mol. The van der Waals surface area contributed by atoms with E-state index < -0.39 is 0 Å². The molecule has 5 heteroatoms. The highest BCUT2D eigenvalue weighted by molar-refractivity contribution is 6.07. The number of benzene rings is 1. The molecule has 7 rings (SSSR count). The average Bonchev–Trinajstić information content (AvgIpc) is 3.75. The maximum Gasteiger partial charge on any atom is 0.178 e. The molecule has 218 valence electrons. The first-order chi connectivity index (χ1) is 20.8. The number of aromatic amines is 1. The maximum atomic E-state index is 6.58. The van der Waals surface area contributed by atoms with Crippen LogP contribution >= 0.6 is 0 Å². The van der Waals surface area contributed by atoms with E-state index in [2.05, 4.69) is 96.8 Å². The minimum Gasteiger partial charge on any atom is -0.452 e. The van der Waals surface area contributed by atoms with Crippen molar-refractivity contribution in [2.75, 3.05) is 0 Å². The number of H-pyrrole nitrogens is 1. The van der Waals surface area contributed by atoms with Crippen LogP contribution in [0.15, 0.2) is 45.2 Å². The van der Waals surface area contributed by atoms with Crippen LogP contribution in [0.25, 0.3) is 66.4 Å². The summed E-state index contributed by atoms with van der Waals surface area (Å²) in [5.41, 5.74) is 19.2. The minimum absolute atomic E-state index is 0.780. The van der Waals surface area contributed by atoms with E-state index in [1.165, 1.54) is 33.4 Å². The summed E-state index contributed by atoms with van der Waals surface area (Å²) < 4.78 is 13.2. The van der Waals surface area contributed by atoms with Gasteiger partial charge in [-0.25, -0.2) is 9.97 Å². The molecule has 0 radical (unpaired) electrons. The summed E-state index contributed by atoms with van der Waals surface area (Å²) in [6.07, 6.45) is 3.70. The van der Waals surface area contributed by atoms with Crippen molar-refractivity contribution in [2.45, 2.75) is 81.1 Å². The van der Waals surface area contributed by atoms with Crippen LogP contribution in [0.4, 0.5) is 0 Å². The fourth-order valence-electron chi connectivity index (χ4n) is 7.13. The van der Waals surface area contributed by atoms with Crippen LogP contribution in [0.3, 0.4) is 0 Å². The van der Waals surface area contributed by atoms with Crippen LogP contribution in [0, 0.1) is 13.8 Å². The number of rotatable bonds is 4. The van der Waals surface area contributed by atoms with E-state index in [1.54, 1.807) is 0 Å². The molecule has 5 nitrogen and oxygen atoms in total. The van der Waals surface area contributed by atoms with Gasteiger partial charge in [-0.3, -0.25) is 0 Å². The quantitative estimate of drug-likeness (QED) is 0.234. The van der Waals surface area contributed by atoms with Crippen molar-refractivity contribution in [2.24, 2.45) is 0 Å². The van der Waals surface area contributed by atoms with Gasteiger partial charge in [-0.1, -0.05) is 27.7 Å². The second-order valence-electron chi connectivity index (χ2n) is 11.9. The average molecular weight is 570 g/mol. The van der Waals surface area contributed by atoms with Gasteiger partial charge in [-0.2, -0.15) is 0 Å². The van der Waals surface area contributed by atoms with Crippen LogP contribution in [-0.4, -0.2) is 15.0 Å². The largest absolute Gasteiger partial charge is 0.452 e. The molecule has 1 N–H and O–H groups in total. The van der Waals surface area contributed by atoms with Crippen LogP contribution in [-0.2, 0) is 12.8 Å². The van der Waals surface area contributed by atoms with Gasteiger partial charge in [0.2, 0.25) is 0 Å². The molecule has 2 aliphatic heterocycles. The molecule has 1 aromatic carbocycles. The number of nitrogens with zero attached hydrogens (tertiary/aromatic N) is 2. The zero-order valence-electron chi connectivity index (χ0n) is 26.5. The monoisotopic (exact) mass is 569 g/mol. The molecule has 0 fully saturated rings. The number of fused-ring (bicyclic) bond motifs is 8. The van der Waals surface area contributed by atoms with Gasteiger partial charge in [0.25, 0.3) is 0 Å². The van der Waals surface area contributed by atoms with Gasteiger partial charge in [-0.15, -0.1) is 0 Å². The lowest BCUT2D eigenvalue weighted by molar-refractivity contribution is 0.630. The van der Waals surface area contributed by atoms with Crippen LogP contribution in [0.5, 0.6) is 0 Å². The van der Waals surface area contributed by atoms with Gasteiger partial charge in [0.15, 0.2) is 11.2 Å². The highest BCUT2D eigenvalue weighted by Gasteiger charge is 2.21. The Hall–Kier alpha value is -4.38. The fraction of sp³-hybridized carbons (Fsp3) is 0.316. The molecule has 0 spiro atoms. The molecule has 0 aliphatic carbocycles. The second kappa shape index (κ2) is 10.1. The van der Waals surface area contributed by atoms with E-state index >= 15 is 0 Å². The Kier molecular flexibility index (Phi) is 6.46. The van der Waals surface area contributed by atoms with E-state index in [-0.39, 0.29) is 0 Å². The van der Waals surface area contributed by atoms with Crippen molar-refractivity contribution >= 4 is 66.4 Å². The van der Waals surface area contributed by atoms with Crippen LogP contribution in [0.2, 0.25) is 0 Å². The molecule has 0 saturated carbocycles. The van der Waals surface area contributed by atoms with Gasteiger partial charge in [-0.05, 0) is 111 Å². The Morgan fingerprint density at radius 1 is 0.558 bits per heavy atom. The van der Waals surface area contributed by atoms with Crippen molar-refractivity contribution in [1.82, 2.24) is 15.0 Å². The van der Waals surface area contributed by atoms with Crippen molar-refractivity contribution in [3.05, 3.63) is 81.4 Å².